The maximum Gasteiger partial charge on any atom is 0.254 e. The summed E-state index contributed by atoms with van der Waals surface area (Å²) >= 11 is 0. The first kappa shape index (κ1) is 21.8. The molecular formula is C28H27N3O3. The number of rotatable bonds is 6. The van der Waals surface area contributed by atoms with Crippen molar-refractivity contribution in [1.29, 1.82) is 0 Å². The SMILES string of the molecule is CCOc1ccc(CNC(=O)C2c3ccccc3C(=O)N(C)C2c2c[nH]c3ccccc23)cc1. The van der Waals surface area contributed by atoms with Crippen LogP contribution in [0.4, 0.5) is 0 Å². The Kier molecular flexibility index (Phi) is 5.80. The van der Waals surface area contributed by atoms with Gasteiger partial charge in [-0.3, -0.25) is 9.59 Å². The van der Waals surface area contributed by atoms with E-state index in [1.165, 1.54) is 0 Å². The van der Waals surface area contributed by atoms with E-state index in [-0.39, 0.29) is 11.8 Å². The van der Waals surface area contributed by atoms with Crippen molar-refractivity contribution in [2.24, 2.45) is 0 Å². The summed E-state index contributed by atoms with van der Waals surface area (Å²) < 4.78 is 5.51. The second-order valence-corrected chi connectivity index (χ2v) is 8.51. The van der Waals surface area contributed by atoms with Crippen LogP contribution in [0.2, 0.25) is 0 Å². The molecule has 1 aliphatic heterocycles. The van der Waals surface area contributed by atoms with Gasteiger partial charge in [0, 0.05) is 41.8 Å². The van der Waals surface area contributed by atoms with Crippen molar-refractivity contribution >= 4 is 22.7 Å². The number of para-hydroxylation sites is 1. The molecule has 0 aliphatic carbocycles. The van der Waals surface area contributed by atoms with Gasteiger partial charge in [-0.2, -0.15) is 0 Å². The first-order valence-corrected chi connectivity index (χ1v) is 11.5. The number of H-pyrrole nitrogens is 1. The fourth-order valence-corrected chi connectivity index (χ4v) is 4.85. The average Bonchev–Trinajstić information content (AvgIpc) is 3.29. The number of likely N-dealkylation sites (N-methyl/N-ethyl adjacent to an activating group) is 1. The molecular weight excluding hydrogens is 426 g/mol. The molecule has 3 aromatic carbocycles. The number of hydrogen-bond acceptors (Lipinski definition) is 3. The van der Waals surface area contributed by atoms with Gasteiger partial charge in [0.2, 0.25) is 5.91 Å². The fourth-order valence-electron chi connectivity index (χ4n) is 4.85. The largest absolute Gasteiger partial charge is 0.494 e. The van der Waals surface area contributed by atoms with E-state index >= 15 is 0 Å². The molecule has 6 heteroatoms. The van der Waals surface area contributed by atoms with E-state index in [1.807, 2.05) is 79.9 Å². The van der Waals surface area contributed by atoms with Gasteiger partial charge in [0.1, 0.15) is 5.75 Å². The Morgan fingerprint density at radius 2 is 1.74 bits per heavy atom. The number of carbonyl (C=O) groups is 2. The molecule has 4 aromatic rings. The highest BCUT2D eigenvalue weighted by Gasteiger charge is 2.43. The quantitative estimate of drug-likeness (QED) is 0.441. The van der Waals surface area contributed by atoms with Crippen molar-refractivity contribution in [1.82, 2.24) is 15.2 Å². The van der Waals surface area contributed by atoms with Crippen molar-refractivity contribution in [2.45, 2.75) is 25.4 Å². The monoisotopic (exact) mass is 453 g/mol. The zero-order chi connectivity index (χ0) is 23.7. The predicted octanol–water partition coefficient (Wildman–Crippen LogP) is 4.79. The Balaban J connectivity index is 1.50. The lowest BCUT2D eigenvalue weighted by Crippen LogP contribution is -2.45. The molecule has 172 valence electrons. The molecule has 0 fully saturated rings. The van der Waals surface area contributed by atoms with Crippen molar-refractivity contribution in [2.75, 3.05) is 13.7 Å². The molecule has 2 unspecified atom stereocenters. The van der Waals surface area contributed by atoms with Crippen LogP contribution in [0, 0.1) is 0 Å². The minimum absolute atomic E-state index is 0.0820. The van der Waals surface area contributed by atoms with Crippen molar-refractivity contribution in [3.8, 4) is 5.75 Å². The molecule has 2 atom stereocenters. The molecule has 6 nitrogen and oxygen atoms in total. The molecule has 0 spiro atoms. The van der Waals surface area contributed by atoms with E-state index in [0.717, 1.165) is 33.3 Å². The summed E-state index contributed by atoms with van der Waals surface area (Å²) in [6, 6.07) is 22.7. The van der Waals surface area contributed by atoms with E-state index in [0.29, 0.717) is 18.7 Å². The topological polar surface area (TPSA) is 74.4 Å². The van der Waals surface area contributed by atoms with E-state index in [9.17, 15) is 9.59 Å². The molecule has 1 aliphatic rings. The molecule has 2 N–H and O–H groups in total. The smallest absolute Gasteiger partial charge is 0.254 e. The maximum atomic E-state index is 13.7. The Hall–Kier alpha value is -4.06. The molecule has 0 saturated heterocycles. The van der Waals surface area contributed by atoms with Gasteiger partial charge < -0.3 is 19.9 Å². The molecule has 2 heterocycles. The van der Waals surface area contributed by atoms with Crippen LogP contribution in [0.1, 0.15) is 45.9 Å². The number of fused-ring (bicyclic) bond motifs is 2. The number of aromatic amines is 1. The van der Waals surface area contributed by atoms with Crippen LogP contribution in [-0.4, -0.2) is 35.4 Å². The number of ether oxygens (including phenoxy) is 1. The predicted molar refractivity (Wildman–Crippen MR) is 132 cm³/mol. The summed E-state index contributed by atoms with van der Waals surface area (Å²) in [5.74, 6) is 0.0662. The molecule has 0 radical (unpaired) electrons. The first-order valence-electron chi connectivity index (χ1n) is 11.5. The Labute approximate surface area is 198 Å². The number of nitrogens with zero attached hydrogens (tertiary/aromatic N) is 1. The normalized spacial score (nSPS) is 17.5. The summed E-state index contributed by atoms with van der Waals surface area (Å²) in [4.78, 5) is 32.0. The molecule has 2 amide bonds. The highest BCUT2D eigenvalue weighted by atomic mass is 16.5. The number of nitrogens with one attached hydrogen (secondary N) is 2. The van der Waals surface area contributed by atoms with Gasteiger partial charge in [0.15, 0.2) is 0 Å². The van der Waals surface area contributed by atoms with Crippen LogP contribution in [0.25, 0.3) is 10.9 Å². The number of aromatic nitrogens is 1. The van der Waals surface area contributed by atoms with Gasteiger partial charge in [0.05, 0.1) is 18.6 Å². The third-order valence-electron chi connectivity index (χ3n) is 6.50. The summed E-state index contributed by atoms with van der Waals surface area (Å²) in [7, 11) is 1.78. The maximum absolute atomic E-state index is 13.7. The summed E-state index contributed by atoms with van der Waals surface area (Å²) in [6.45, 7) is 2.95. The van der Waals surface area contributed by atoms with Gasteiger partial charge in [-0.1, -0.05) is 48.5 Å². The summed E-state index contributed by atoms with van der Waals surface area (Å²) in [5.41, 5.74) is 4.22. The zero-order valence-corrected chi connectivity index (χ0v) is 19.2. The standard InChI is InChI=1S/C28H27N3O3/c1-3-34-19-14-12-18(13-15-19)16-30-27(32)25-21-9-4-5-10-22(21)28(33)31(2)26(25)23-17-29-24-11-7-6-8-20(23)24/h4-15,17,25-26,29H,3,16H2,1-2H3,(H,30,32). The van der Waals surface area contributed by atoms with Crippen LogP contribution in [0.15, 0.2) is 79.0 Å². The summed E-state index contributed by atoms with van der Waals surface area (Å²) in [6.07, 6.45) is 1.92. The Morgan fingerprint density at radius 3 is 2.53 bits per heavy atom. The molecule has 34 heavy (non-hydrogen) atoms. The Bertz CT molecular complexity index is 1340. The van der Waals surface area contributed by atoms with E-state index < -0.39 is 12.0 Å². The number of carbonyl (C=O) groups excluding carboxylic acids is 2. The second kappa shape index (κ2) is 9.06. The van der Waals surface area contributed by atoms with Gasteiger partial charge in [0.25, 0.3) is 5.91 Å². The fraction of sp³-hybridized carbons (Fsp3) is 0.214. The lowest BCUT2D eigenvalue weighted by molar-refractivity contribution is -0.124. The van der Waals surface area contributed by atoms with Gasteiger partial charge in [-0.15, -0.1) is 0 Å². The van der Waals surface area contributed by atoms with Crippen LogP contribution in [0.5, 0.6) is 5.75 Å². The minimum Gasteiger partial charge on any atom is -0.494 e. The van der Waals surface area contributed by atoms with E-state index in [2.05, 4.69) is 10.3 Å². The van der Waals surface area contributed by atoms with E-state index in [4.69, 9.17) is 4.74 Å². The second-order valence-electron chi connectivity index (χ2n) is 8.51. The van der Waals surface area contributed by atoms with E-state index in [1.54, 1.807) is 18.0 Å². The van der Waals surface area contributed by atoms with Gasteiger partial charge >= 0.3 is 0 Å². The third kappa shape index (κ3) is 3.81. The molecule has 1 aromatic heterocycles. The highest BCUT2D eigenvalue weighted by Crippen LogP contribution is 2.44. The number of hydrogen-bond donors (Lipinski definition) is 2. The van der Waals surface area contributed by atoms with Crippen LogP contribution in [0.3, 0.4) is 0 Å². The van der Waals surface area contributed by atoms with Crippen LogP contribution in [-0.2, 0) is 11.3 Å². The lowest BCUT2D eigenvalue weighted by atomic mass is 9.79. The lowest BCUT2D eigenvalue weighted by Gasteiger charge is -2.39. The van der Waals surface area contributed by atoms with Crippen LogP contribution >= 0.6 is 0 Å². The van der Waals surface area contributed by atoms with Crippen molar-refractivity contribution in [3.05, 3.63) is 101 Å². The third-order valence-corrected chi connectivity index (χ3v) is 6.50. The minimum atomic E-state index is -0.541. The number of benzene rings is 3. The molecule has 0 bridgehead atoms. The first-order chi connectivity index (χ1) is 16.6. The molecule has 5 rings (SSSR count). The molecule has 0 saturated carbocycles. The van der Waals surface area contributed by atoms with Crippen LogP contribution < -0.4 is 10.1 Å². The van der Waals surface area contributed by atoms with Gasteiger partial charge in [-0.25, -0.2) is 0 Å². The Morgan fingerprint density at radius 1 is 1.00 bits per heavy atom. The average molecular weight is 454 g/mol. The zero-order valence-electron chi connectivity index (χ0n) is 19.2. The van der Waals surface area contributed by atoms with Crippen molar-refractivity contribution < 1.29 is 14.3 Å². The van der Waals surface area contributed by atoms with Crippen molar-refractivity contribution in [3.63, 3.8) is 0 Å². The van der Waals surface area contributed by atoms with Gasteiger partial charge in [-0.05, 0) is 42.3 Å². The highest BCUT2D eigenvalue weighted by molar-refractivity contribution is 6.02. The summed E-state index contributed by atoms with van der Waals surface area (Å²) in [5, 5.41) is 4.12. The number of amides is 2.